The molecule has 2 fully saturated rings. The van der Waals surface area contributed by atoms with E-state index in [0.29, 0.717) is 0 Å². The summed E-state index contributed by atoms with van der Waals surface area (Å²) < 4.78 is 1.80. The van der Waals surface area contributed by atoms with Crippen molar-refractivity contribution in [2.75, 3.05) is 31.1 Å². The number of fused-ring (bicyclic) bond motifs is 1. The first kappa shape index (κ1) is 22.2. The van der Waals surface area contributed by atoms with Gasteiger partial charge in [-0.1, -0.05) is 42.7 Å². The van der Waals surface area contributed by atoms with E-state index in [1.54, 1.807) is 40.1 Å². The summed E-state index contributed by atoms with van der Waals surface area (Å²) >= 11 is 1.56. The Morgan fingerprint density at radius 3 is 2.23 bits per heavy atom. The summed E-state index contributed by atoms with van der Waals surface area (Å²) in [6, 6.07) is 16.3. The molecule has 2 aliphatic rings. The van der Waals surface area contributed by atoms with Gasteiger partial charge in [0, 0.05) is 49.0 Å². The highest BCUT2D eigenvalue weighted by atomic mass is 32.1. The molecule has 4 aromatic rings. The van der Waals surface area contributed by atoms with Crippen LogP contribution in [0.5, 0.6) is 0 Å². The number of aromatic carboxylic acids is 1. The Hall–Kier alpha value is -3.23. The van der Waals surface area contributed by atoms with Crippen LogP contribution in [0.15, 0.2) is 54.7 Å². The molecule has 0 radical (unpaired) electrons. The summed E-state index contributed by atoms with van der Waals surface area (Å²) in [5.74, 6) is -0.929. The first-order valence-corrected chi connectivity index (χ1v) is 13.2. The van der Waals surface area contributed by atoms with E-state index in [4.69, 9.17) is 15.2 Å². The molecule has 0 bridgehead atoms. The van der Waals surface area contributed by atoms with E-state index in [1.165, 1.54) is 37.8 Å². The molecule has 7 nitrogen and oxygen atoms in total. The van der Waals surface area contributed by atoms with Crippen LogP contribution in [0.1, 0.15) is 42.5 Å². The zero-order valence-electron chi connectivity index (χ0n) is 19.6. The first-order chi connectivity index (χ1) is 17.1. The number of imidazole rings is 1. The number of carboxylic acid groups (broad SMARTS) is 1. The van der Waals surface area contributed by atoms with Crippen LogP contribution in [0.4, 0.5) is 5.69 Å². The molecule has 1 N–H and O–H groups in total. The Balaban J connectivity index is 1.12. The molecule has 0 spiro atoms. The van der Waals surface area contributed by atoms with E-state index < -0.39 is 5.97 Å². The smallest absolute Gasteiger partial charge is 0.335 e. The summed E-state index contributed by atoms with van der Waals surface area (Å²) in [7, 11) is 0. The van der Waals surface area contributed by atoms with Gasteiger partial charge in [-0.2, -0.15) is 5.10 Å². The fourth-order valence-electron chi connectivity index (χ4n) is 5.35. The van der Waals surface area contributed by atoms with Crippen molar-refractivity contribution < 1.29 is 9.90 Å². The number of nitrogens with zero attached hydrogens (tertiary/aromatic N) is 5. The van der Waals surface area contributed by atoms with Crippen molar-refractivity contribution in [2.24, 2.45) is 0 Å². The maximum atomic E-state index is 11.1. The standard InChI is InChI=1S/C27H29N5O2S/c33-26(34)21-8-6-19(7-9-21)24-18-32-27(28-24)35-25(29-32)20-10-12-23(13-11-20)31-16-14-30(15-17-31)22-4-2-1-3-5-22/h6-13,18,22H,1-5,14-17H2,(H,33,34). The van der Waals surface area contributed by atoms with Crippen molar-refractivity contribution in [1.82, 2.24) is 19.5 Å². The van der Waals surface area contributed by atoms with Crippen molar-refractivity contribution in [1.29, 1.82) is 0 Å². The Morgan fingerprint density at radius 2 is 1.57 bits per heavy atom. The molecule has 0 unspecified atom stereocenters. The topological polar surface area (TPSA) is 74.0 Å². The molecule has 3 heterocycles. The van der Waals surface area contributed by atoms with E-state index in [9.17, 15) is 4.79 Å². The normalized spacial score (nSPS) is 17.8. The van der Waals surface area contributed by atoms with E-state index in [2.05, 4.69) is 34.1 Å². The van der Waals surface area contributed by atoms with Gasteiger partial charge in [-0.3, -0.25) is 4.90 Å². The van der Waals surface area contributed by atoms with Crippen LogP contribution in [-0.2, 0) is 0 Å². The van der Waals surface area contributed by atoms with Gasteiger partial charge in [0.2, 0.25) is 4.96 Å². The Bertz CT molecular complexity index is 1280. The van der Waals surface area contributed by atoms with Crippen LogP contribution in [-0.4, -0.2) is 62.8 Å². The lowest BCUT2D eigenvalue weighted by molar-refractivity contribution is 0.0697. The van der Waals surface area contributed by atoms with Gasteiger partial charge in [-0.25, -0.2) is 14.3 Å². The molecule has 180 valence electrons. The Morgan fingerprint density at radius 1 is 0.886 bits per heavy atom. The number of aromatic nitrogens is 3. The highest BCUT2D eigenvalue weighted by Crippen LogP contribution is 2.30. The van der Waals surface area contributed by atoms with Crippen molar-refractivity contribution in [2.45, 2.75) is 38.1 Å². The van der Waals surface area contributed by atoms with Crippen LogP contribution < -0.4 is 4.90 Å². The first-order valence-electron chi connectivity index (χ1n) is 12.4. The summed E-state index contributed by atoms with van der Waals surface area (Å²) in [6.07, 6.45) is 8.86. The molecule has 1 aliphatic heterocycles. The summed E-state index contributed by atoms with van der Waals surface area (Å²) in [5, 5.41) is 14.8. The average molecular weight is 488 g/mol. The third-order valence-electron chi connectivity index (χ3n) is 7.36. The Labute approximate surface area is 208 Å². The predicted molar refractivity (Wildman–Crippen MR) is 139 cm³/mol. The van der Waals surface area contributed by atoms with Gasteiger partial charge in [0.05, 0.1) is 17.5 Å². The fourth-order valence-corrected chi connectivity index (χ4v) is 6.23. The van der Waals surface area contributed by atoms with Gasteiger partial charge < -0.3 is 10.0 Å². The van der Waals surface area contributed by atoms with Crippen LogP contribution in [0.25, 0.3) is 26.8 Å². The second-order valence-corrected chi connectivity index (χ2v) is 10.5. The zero-order chi connectivity index (χ0) is 23.8. The van der Waals surface area contributed by atoms with Gasteiger partial charge in [0.15, 0.2) is 0 Å². The highest BCUT2D eigenvalue weighted by Gasteiger charge is 2.25. The SMILES string of the molecule is O=C(O)c1ccc(-c2cn3nc(-c4ccc(N5CCN(C6CCCCC6)CC5)cc4)sc3n2)cc1. The minimum atomic E-state index is -0.929. The second kappa shape index (κ2) is 9.43. The van der Waals surface area contributed by atoms with Crippen LogP contribution >= 0.6 is 11.3 Å². The number of rotatable bonds is 5. The maximum Gasteiger partial charge on any atom is 0.335 e. The highest BCUT2D eigenvalue weighted by molar-refractivity contribution is 7.19. The third-order valence-corrected chi connectivity index (χ3v) is 8.33. The molecule has 1 saturated carbocycles. The van der Waals surface area contributed by atoms with E-state index in [0.717, 1.165) is 59.0 Å². The quantitative estimate of drug-likeness (QED) is 0.413. The molecule has 2 aromatic carbocycles. The van der Waals surface area contributed by atoms with Gasteiger partial charge in [0.1, 0.15) is 5.01 Å². The van der Waals surface area contributed by atoms with Crippen molar-refractivity contribution >= 4 is 28.0 Å². The lowest BCUT2D eigenvalue weighted by Crippen LogP contribution is -2.50. The van der Waals surface area contributed by atoms with Gasteiger partial charge in [-0.05, 0) is 49.2 Å². The molecule has 2 aromatic heterocycles. The number of benzene rings is 2. The van der Waals surface area contributed by atoms with Gasteiger partial charge in [0.25, 0.3) is 0 Å². The second-order valence-electron chi connectivity index (χ2n) is 9.50. The summed E-state index contributed by atoms with van der Waals surface area (Å²) in [5.41, 5.74) is 4.31. The number of piperazine rings is 1. The summed E-state index contributed by atoms with van der Waals surface area (Å²) in [4.78, 5) is 21.8. The number of anilines is 1. The minimum absolute atomic E-state index is 0.268. The third kappa shape index (κ3) is 4.56. The zero-order valence-corrected chi connectivity index (χ0v) is 20.5. The molecule has 35 heavy (non-hydrogen) atoms. The molecule has 0 amide bonds. The van der Waals surface area contributed by atoms with Crippen molar-refractivity contribution in [3.8, 4) is 21.8 Å². The largest absolute Gasteiger partial charge is 0.478 e. The van der Waals surface area contributed by atoms with E-state index >= 15 is 0 Å². The predicted octanol–water partition coefficient (Wildman–Crippen LogP) is 5.28. The minimum Gasteiger partial charge on any atom is -0.478 e. The molecule has 8 heteroatoms. The fraction of sp³-hybridized carbons (Fsp3) is 0.370. The summed E-state index contributed by atoms with van der Waals surface area (Å²) in [6.45, 7) is 4.52. The van der Waals surface area contributed by atoms with Gasteiger partial charge >= 0.3 is 5.97 Å². The molecule has 0 atom stereocenters. The number of hydrogen-bond acceptors (Lipinski definition) is 6. The van der Waals surface area contributed by atoms with Crippen LogP contribution in [0.3, 0.4) is 0 Å². The average Bonchev–Trinajstić information content (AvgIpc) is 3.49. The maximum absolute atomic E-state index is 11.1. The van der Waals surface area contributed by atoms with Crippen LogP contribution in [0, 0.1) is 0 Å². The molecule has 1 saturated heterocycles. The number of carboxylic acids is 1. The number of hydrogen-bond donors (Lipinski definition) is 1. The number of carbonyl (C=O) groups is 1. The van der Waals surface area contributed by atoms with E-state index in [1.807, 2.05) is 6.20 Å². The molecule has 1 aliphatic carbocycles. The molecular weight excluding hydrogens is 458 g/mol. The van der Waals surface area contributed by atoms with Crippen LogP contribution in [0.2, 0.25) is 0 Å². The Kier molecular flexibility index (Phi) is 6.00. The lowest BCUT2D eigenvalue weighted by atomic mass is 9.94. The molecule has 6 rings (SSSR count). The lowest BCUT2D eigenvalue weighted by Gasteiger charge is -2.41. The monoisotopic (exact) mass is 487 g/mol. The molecular formula is C27H29N5O2S. The van der Waals surface area contributed by atoms with Crippen molar-refractivity contribution in [3.63, 3.8) is 0 Å². The van der Waals surface area contributed by atoms with Gasteiger partial charge in [-0.15, -0.1) is 0 Å². The van der Waals surface area contributed by atoms with Crippen molar-refractivity contribution in [3.05, 3.63) is 60.3 Å². The van der Waals surface area contributed by atoms with E-state index in [-0.39, 0.29) is 5.56 Å².